The van der Waals surface area contributed by atoms with Gasteiger partial charge in [0.05, 0.1) is 21.5 Å². The molecule has 528 valence electrons. The second-order valence-corrected chi connectivity index (χ2v) is 23.1. The van der Waals surface area contributed by atoms with Gasteiger partial charge in [-0.05, 0) is 12.1 Å². The second kappa shape index (κ2) is 23.3. The van der Waals surface area contributed by atoms with Crippen LogP contribution in [0, 0.1) is 0 Å². The lowest BCUT2D eigenvalue weighted by Gasteiger charge is -2.24. The smallest absolute Gasteiger partial charge is 0.220 e. The first kappa shape index (κ1) is 63.8. The number of fused-ring (bicyclic) bond motifs is 17. The van der Waals surface area contributed by atoms with E-state index < -0.39 is 34.5 Å². The van der Waals surface area contributed by atoms with E-state index >= 15 is 0 Å². The number of hydrogen-bond acceptors (Lipinski definition) is 33. The molecule has 0 saturated carbocycles. The van der Waals surface area contributed by atoms with Crippen molar-refractivity contribution in [3.8, 4) is 195 Å². The maximum Gasteiger partial charge on any atom is 0.220 e. The summed E-state index contributed by atoms with van der Waals surface area (Å²) >= 11 is 0. The van der Waals surface area contributed by atoms with Crippen LogP contribution in [0.5, 0.6) is 195 Å². The van der Waals surface area contributed by atoms with Crippen LogP contribution >= 0.6 is 0 Å². The number of furan rings is 2. The maximum atomic E-state index is 10.9. The van der Waals surface area contributed by atoms with Crippen LogP contribution < -0.4 is 33.2 Å². The van der Waals surface area contributed by atoms with Crippen molar-refractivity contribution < 1.29 is 162 Å². The van der Waals surface area contributed by atoms with Gasteiger partial charge in [-0.3, -0.25) is 0 Å². The highest BCUT2D eigenvalue weighted by Crippen LogP contribution is 2.64. The fourth-order valence-corrected chi connectivity index (χ4v) is 11.7. The number of aromatic hydroxyl groups is 20. The fourth-order valence-electron chi connectivity index (χ4n) is 11.7. The molecule has 20 N–H and O–H groups in total. The summed E-state index contributed by atoms with van der Waals surface area (Å²) in [7, 11) is 0. The van der Waals surface area contributed by atoms with Gasteiger partial charge in [0.15, 0.2) is 103 Å². The van der Waals surface area contributed by atoms with E-state index in [2.05, 4.69) is 0 Å². The molecule has 2 aliphatic rings. The van der Waals surface area contributed by atoms with Gasteiger partial charge >= 0.3 is 0 Å². The third-order valence-electron chi connectivity index (χ3n) is 15.9. The number of ether oxygens (including phenoxy) is 7. The molecule has 12 aromatic carbocycles. The third-order valence-corrected chi connectivity index (χ3v) is 15.9. The predicted molar refractivity (Wildman–Crippen MR) is 357 cm³/mol. The monoisotopic (exact) mass is 1430 g/mol. The van der Waals surface area contributed by atoms with Crippen LogP contribution in [0.3, 0.4) is 0 Å². The molecule has 0 spiro atoms. The molecule has 0 atom stereocenters. The summed E-state index contributed by atoms with van der Waals surface area (Å²) in [6.45, 7) is 0. The number of phenolic OH excluding ortho intramolecular Hbond substituents is 20. The number of phenols is 20. The van der Waals surface area contributed by atoms with E-state index in [0.717, 1.165) is 60.7 Å². The molecule has 0 amide bonds. The van der Waals surface area contributed by atoms with Gasteiger partial charge in [0, 0.05) is 121 Å². The molecule has 0 bridgehead atoms. The lowest BCUT2D eigenvalue weighted by atomic mass is 10.1. The Labute approximate surface area is 577 Å². The minimum Gasteiger partial charge on any atom is -0.508 e. The SMILES string of the molecule is Oc1cc(O)c2oc3cc(O)c4oc5cc(O)cc(O)c5oc4c3oc2c1.Oc1cc(O)cc(Oc2c(O)cc(O)c3c2Oc2cc(O)c4oc5cc(O)cc(O)c5c4c2O3)c1.Oc1cc(O)cc(Oc2cc(O)c(O)c3c2Oc2ccc4oc5c(Oc6cc(O)cc(O)c6)c(O)cc(O)c5c4c2O3)c1. The molecule has 0 radical (unpaired) electrons. The maximum absolute atomic E-state index is 10.9. The average molecular weight is 1440 g/mol. The van der Waals surface area contributed by atoms with E-state index in [0.29, 0.717) is 0 Å². The summed E-state index contributed by atoms with van der Waals surface area (Å²) < 4.78 is 74.8. The van der Waals surface area contributed by atoms with Crippen LogP contribution in [0.1, 0.15) is 0 Å². The molecule has 16 aromatic rings. The largest absolute Gasteiger partial charge is 0.508 e. The molecule has 6 heterocycles. The van der Waals surface area contributed by atoms with Gasteiger partial charge in [0.2, 0.25) is 68.2 Å². The number of rotatable bonds is 6. The van der Waals surface area contributed by atoms with Crippen molar-refractivity contribution >= 4 is 88.5 Å². The number of hydrogen-bond donors (Lipinski definition) is 20. The van der Waals surface area contributed by atoms with Crippen LogP contribution in [-0.2, 0) is 0 Å². The Morgan fingerprint density at radius 1 is 0.210 bits per heavy atom. The summed E-state index contributed by atoms with van der Waals surface area (Å²) in [4.78, 5) is 0. The minimum atomic E-state index is -0.703. The third kappa shape index (κ3) is 10.9. The Kier molecular flexibility index (Phi) is 14.2. The molecule has 0 fully saturated rings. The van der Waals surface area contributed by atoms with Crippen LogP contribution in [0.25, 0.3) is 88.5 Å². The van der Waals surface area contributed by atoms with Gasteiger partial charge < -0.3 is 162 Å². The van der Waals surface area contributed by atoms with E-state index in [4.69, 9.17) is 59.7 Å². The molecule has 2 aliphatic heterocycles. The molecular formula is C72H42O33. The van der Waals surface area contributed by atoms with Crippen molar-refractivity contribution in [3.05, 3.63) is 133 Å². The standard InChI is InChI=1S/C30H18O13.C24H14O11.C18H10O9/c31-11-3-12(32)6-15(5-11)39-22-10-18(36)25(38)30-28(22)42-21-2-1-20-24(27(21)43-30)23-17(35)9-19(37)26(29(23)41-20)40-16-7-13(33)4-14(34)8-16;25-8-1-9(26)3-11(2-8)32-21-13(29)6-14(30)22-24(21)34-17-7-15(31)20-19(23(17)35-22)18-12(28)4-10(27)5-16(18)33-20;19-6-1-8(21)14-11(3-6)26-17-13(24-14)5-10(23)16-18(17)27-15-9(22)2-7(20)4-12(15)25-16/h1-10,31-38H;1-7,25-31H;1-5,19-23H. The zero-order chi connectivity index (χ0) is 73.6. The Hall–Kier alpha value is -16.0. The molecule has 0 aliphatic carbocycles. The highest BCUT2D eigenvalue weighted by Gasteiger charge is 2.36. The van der Waals surface area contributed by atoms with Crippen LogP contribution in [0.15, 0.2) is 160 Å². The van der Waals surface area contributed by atoms with Crippen LogP contribution in [0.4, 0.5) is 0 Å². The quantitative estimate of drug-likeness (QED) is 0.0418. The average Bonchev–Trinajstić information content (AvgIpc) is 1.66. The normalized spacial score (nSPS) is 11.9. The Balaban J connectivity index is 0.000000124. The van der Waals surface area contributed by atoms with Crippen molar-refractivity contribution in [2.75, 3.05) is 0 Å². The van der Waals surface area contributed by atoms with Crippen molar-refractivity contribution in [2.24, 2.45) is 0 Å². The van der Waals surface area contributed by atoms with Gasteiger partial charge in [-0.15, -0.1) is 0 Å². The zero-order valence-electron chi connectivity index (χ0n) is 52.0. The summed E-state index contributed by atoms with van der Waals surface area (Å²) in [6.07, 6.45) is 0. The first-order valence-corrected chi connectivity index (χ1v) is 30.0. The summed E-state index contributed by atoms with van der Waals surface area (Å²) in [5.74, 6) is -9.82. The summed E-state index contributed by atoms with van der Waals surface area (Å²) in [6, 6.07) is 25.5. The number of benzene rings is 12. The predicted octanol–water partition coefficient (Wildman–Crippen LogP) is 16.3. The summed E-state index contributed by atoms with van der Waals surface area (Å²) in [5, 5.41) is 203. The fraction of sp³-hybridized carbons (Fsp3) is 0. The van der Waals surface area contributed by atoms with Crippen LogP contribution in [0.2, 0.25) is 0 Å². The highest BCUT2D eigenvalue weighted by atomic mass is 16.6. The molecule has 105 heavy (non-hydrogen) atoms. The zero-order valence-corrected chi connectivity index (χ0v) is 52.0. The van der Waals surface area contributed by atoms with E-state index in [9.17, 15) is 102 Å². The van der Waals surface area contributed by atoms with E-state index in [1.54, 1.807) is 0 Å². The minimum absolute atomic E-state index is 0.00146. The van der Waals surface area contributed by atoms with E-state index in [-0.39, 0.29) is 250 Å². The van der Waals surface area contributed by atoms with E-state index in [1.807, 2.05) is 0 Å². The first-order valence-electron chi connectivity index (χ1n) is 30.0. The van der Waals surface area contributed by atoms with Crippen LogP contribution in [-0.4, -0.2) is 102 Å². The van der Waals surface area contributed by atoms with Gasteiger partial charge in [0.1, 0.15) is 91.7 Å². The molecule has 4 aromatic heterocycles. The van der Waals surface area contributed by atoms with Crippen molar-refractivity contribution in [1.82, 2.24) is 0 Å². The van der Waals surface area contributed by atoms with E-state index in [1.165, 1.54) is 72.8 Å². The Morgan fingerprint density at radius 3 is 1.29 bits per heavy atom. The lowest BCUT2D eigenvalue weighted by molar-refractivity contribution is 0.312. The van der Waals surface area contributed by atoms with Crippen molar-refractivity contribution in [1.29, 1.82) is 0 Å². The molecule has 18 rings (SSSR count). The molecular weight excluding hydrogens is 1390 g/mol. The topological polar surface area (TPSA) is 548 Å². The molecule has 0 unspecified atom stereocenters. The summed E-state index contributed by atoms with van der Waals surface area (Å²) in [5.41, 5.74) is -0.360. The lowest BCUT2D eigenvalue weighted by Crippen LogP contribution is -2.02. The van der Waals surface area contributed by atoms with Gasteiger partial charge in [-0.2, -0.15) is 0 Å². The second-order valence-electron chi connectivity index (χ2n) is 23.1. The van der Waals surface area contributed by atoms with Gasteiger partial charge in [0.25, 0.3) is 0 Å². The van der Waals surface area contributed by atoms with Crippen molar-refractivity contribution in [2.45, 2.75) is 0 Å². The first-order chi connectivity index (χ1) is 50.1. The molecule has 0 saturated heterocycles. The molecule has 33 heteroatoms. The Bertz CT molecular complexity index is 6420. The van der Waals surface area contributed by atoms with Gasteiger partial charge in [-0.25, -0.2) is 0 Å². The Morgan fingerprint density at radius 2 is 0.657 bits per heavy atom. The highest BCUT2D eigenvalue weighted by molar-refractivity contribution is 6.16. The van der Waals surface area contributed by atoms with Gasteiger partial charge in [-0.1, -0.05) is 0 Å². The van der Waals surface area contributed by atoms with Crippen molar-refractivity contribution in [3.63, 3.8) is 0 Å². The molecule has 33 nitrogen and oxygen atoms in total.